The Kier molecular flexibility index (Phi) is 2.77. The molecular weight excluding hydrogens is 296 g/mol. The Morgan fingerprint density at radius 2 is 1.82 bits per heavy atom. The van der Waals surface area contributed by atoms with Crippen molar-refractivity contribution in [2.45, 2.75) is 6.92 Å². The molecule has 0 aliphatic rings. The lowest BCUT2D eigenvalue weighted by molar-refractivity contribution is 0.0964. The molecule has 0 unspecified atom stereocenters. The average Bonchev–Trinajstić information content (AvgIpc) is 3.04. The van der Waals surface area contributed by atoms with E-state index in [0.29, 0.717) is 15.9 Å². The number of hydrogen-bond donors (Lipinski definition) is 1. The first kappa shape index (κ1) is 13.0. The van der Waals surface area contributed by atoms with Crippen LogP contribution < -0.4 is 5.69 Å². The number of fused-ring (bicyclic) bond motifs is 2. The molecule has 0 aliphatic carbocycles. The second-order valence-corrected chi connectivity index (χ2v) is 6.19. The van der Waals surface area contributed by atoms with E-state index in [4.69, 9.17) is 0 Å². The first-order chi connectivity index (χ1) is 10.7. The Morgan fingerprint density at radius 1 is 1.09 bits per heavy atom. The lowest BCUT2D eigenvalue weighted by atomic mass is 10.1. The van der Waals surface area contributed by atoms with Crippen molar-refractivity contribution >= 4 is 38.4 Å². The molecule has 0 saturated carbocycles. The van der Waals surface area contributed by atoms with E-state index in [1.54, 1.807) is 12.1 Å². The molecule has 0 radical (unpaired) electrons. The maximum absolute atomic E-state index is 12.9. The van der Waals surface area contributed by atoms with E-state index < -0.39 is 5.69 Å². The highest BCUT2D eigenvalue weighted by atomic mass is 32.1. The van der Waals surface area contributed by atoms with E-state index in [1.165, 1.54) is 15.9 Å². The zero-order valence-corrected chi connectivity index (χ0v) is 12.6. The molecule has 4 nitrogen and oxygen atoms in total. The number of carbonyl (C=O) groups excluding carboxylic acids is 1. The van der Waals surface area contributed by atoms with Gasteiger partial charge in [-0.1, -0.05) is 30.3 Å². The van der Waals surface area contributed by atoms with Gasteiger partial charge in [-0.15, -0.1) is 11.3 Å². The van der Waals surface area contributed by atoms with Crippen LogP contribution in [0.15, 0.2) is 53.3 Å². The fourth-order valence-electron chi connectivity index (χ4n) is 2.74. The fraction of sp³-hybridized carbons (Fsp3) is 0.0588. The van der Waals surface area contributed by atoms with E-state index in [2.05, 4.69) is 4.98 Å². The molecule has 0 amide bonds. The summed E-state index contributed by atoms with van der Waals surface area (Å²) < 4.78 is 2.27. The lowest BCUT2D eigenvalue weighted by Crippen LogP contribution is -2.24. The number of aromatic nitrogens is 2. The smallest absolute Gasteiger partial charge is 0.305 e. The summed E-state index contributed by atoms with van der Waals surface area (Å²) in [5, 5.41) is 1.06. The van der Waals surface area contributed by atoms with Gasteiger partial charge < -0.3 is 4.98 Å². The largest absolute Gasteiger partial charge is 0.333 e. The number of benzene rings is 2. The average molecular weight is 308 g/mol. The van der Waals surface area contributed by atoms with Crippen LogP contribution in [-0.4, -0.2) is 15.5 Å². The third-order valence-corrected chi connectivity index (χ3v) is 5.09. The van der Waals surface area contributed by atoms with Crippen LogP contribution in [0.5, 0.6) is 0 Å². The van der Waals surface area contributed by atoms with Gasteiger partial charge in [0.2, 0.25) is 0 Å². The van der Waals surface area contributed by atoms with Gasteiger partial charge in [-0.05, 0) is 36.1 Å². The molecule has 0 fully saturated rings. The molecule has 0 spiro atoms. The summed E-state index contributed by atoms with van der Waals surface area (Å²) in [7, 11) is 0. The van der Waals surface area contributed by atoms with Crippen molar-refractivity contribution in [1.82, 2.24) is 9.55 Å². The predicted molar refractivity (Wildman–Crippen MR) is 88.8 cm³/mol. The molecule has 1 N–H and O–H groups in total. The SMILES string of the molecule is Cc1c(C(=O)n2c(=O)[nH]c3ccccc32)sc2ccccc12. The van der Waals surface area contributed by atoms with Gasteiger partial charge >= 0.3 is 5.69 Å². The molecule has 2 aromatic heterocycles. The molecule has 0 saturated heterocycles. The molecule has 108 valence electrons. The molecule has 0 atom stereocenters. The highest BCUT2D eigenvalue weighted by Crippen LogP contribution is 2.31. The molecule has 0 aliphatic heterocycles. The first-order valence-corrected chi connectivity index (χ1v) is 7.71. The van der Waals surface area contributed by atoms with Crippen LogP contribution in [0.1, 0.15) is 15.2 Å². The van der Waals surface area contributed by atoms with Gasteiger partial charge in [0.15, 0.2) is 0 Å². The van der Waals surface area contributed by atoms with Crippen molar-refractivity contribution in [2.24, 2.45) is 0 Å². The Balaban J connectivity index is 1.98. The number of hydrogen-bond acceptors (Lipinski definition) is 3. The number of para-hydroxylation sites is 2. The van der Waals surface area contributed by atoms with Crippen LogP contribution >= 0.6 is 11.3 Å². The van der Waals surface area contributed by atoms with Gasteiger partial charge in [-0.3, -0.25) is 4.79 Å². The monoisotopic (exact) mass is 308 g/mol. The Bertz CT molecular complexity index is 1080. The first-order valence-electron chi connectivity index (χ1n) is 6.89. The normalized spacial score (nSPS) is 11.3. The molecule has 22 heavy (non-hydrogen) atoms. The molecule has 5 heteroatoms. The number of aryl methyl sites for hydroxylation is 1. The van der Waals surface area contributed by atoms with E-state index in [0.717, 1.165) is 15.6 Å². The van der Waals surface area contributed by atoms with Gasteiger partial charge in [0.25, 0.3) is 5.91 Å². The summed E-state index contributed by atoms with van der Waals surface area (Å²) >= 11 is 1.42. The van der Waals surface area contributed by atoms with Crippen LogP contribution in [-0.2, 0) is 0 Å². The third-order valence-electron chi connectivity index (χ3n) is 3.83. The summed E-state index contributed by atoms with van der Waals surface area (Å²) in [5.41, 5.74) is 1.79. The van der Waals surface area contributed by atoms with Gasteiger partial charge in [-0.2, -0.15) is 0 Å². The van der Waals surface area contributed by atoms with Gasteiger partial charge in [-0.25, -0.2) is 9.36 Å². The van der Waals surface area contributed by atoms with Crippen LogP contribution in [0, 0.1) is 6.92 Å². The molecular formula is C17H12N2O2S. The molecule has 4 aromatic rings. The van der Waals surface area contributed by atoms with Crippen LogP contribution in [0.4, 0.5) is 0 Å². The van der Waals surface area contributed by atoms with Crippen molar-refractivity contribution in [2.75, 3.05) is 0 Å². The summed E-state index contributed by atoms with van der Waals surface area (Å²) in [6, 6.07) is 15.1. The fourth-order valence-corrected chi connectivity index (χ4v) is 3.88. The third kappa shape index (κ3) is 1.76. The quantitative estimate of drug-likeness (QED) is 0.585. The van der Waals surface area contributed by atoms with Crippen molar-refractivity contribution in [3.63, 3.8) is 0 Å². The van der Waals surface area contributed by atoms with Crippen molar-refractivity contribution in [1.29, 1.82) is 0 Å². The van der Waals surface area contributed by atoms with Crippen molar-refractivity contribution < 1.29 is 4.79 Å². The highest BCUT2D eigenvalue weighted by Gasteiger charge is 2.20. The predicted octanol–water partition coefficient (Wildman–Crippen LogP) is 3.54. The van der Waals surface area contributed by atoms with Crippen LogP contribution in [0.3, 0.4) is 0 Å². The number of nitrogens with one attached hydrogen (secondary N) is 1. The minimum atomic E-state index is -0.400. The maximum atomic E-state index is 12.9. The maximum Gasteiger partial charge on any atom is 0.333 e. The number of carbonyl (C=O) groups is 1. The Hall–Kier alpha value is -2.66. The van der Waals surface area contributed by atoms with E-state index in [1.807, 2.05) is 43.3 Å². The molecule has 2 heterocycles. The molecule has 4 rings (SSSR count). The second kappa shape index (κ2) is 4.68. The lowest BCUT2D eigenvalue weighted by Gasteiger charge is -2.01. The number of nitrogens with zero attached hydrogens (tertiary/aromatic N) is 1. The van der Waals surface area contributed by atoms with E-state index in [9.17, 15) is 9.59 Å². The minimum Gasteiger partial charge on any atom is -0.305 e. The number of rotatable bonds is 1. The van der Waals surface area contributed by atoms with E-state index in [-0.39, 0.29) is 5.91 Å². The van der Waals surface area contributed by atoms with Gasteiger partial charge in [0.05, 0.1) is 15.9 Å². The minimum absolute atomic E-state index is 0.277. The van der Waals surface area contributed by atoms with Crippen molar-refractivity contribution in [3.8, 4) is 0 Å². The van der Waals surface area contributed by atoms with Crippen LogP contribution in [0.2, 0.25) is 0 Å². The number of H-pyrrole nitrogens is 1. The second-order valence-electron chi connectivity index (χ2n) is 5.14. The Labute approximate surface area is 129 Å². The molecule has 0 bridgehead atoms. The highest BCUT2D eigenvalue weighted by molar-refractivity contribution is 7.21. The summed E-state index contributed by atoms with van der Waals surface area (Å²) in [5.74, 6) is -0.277. The number of thiophene rings is 1. The number of aromatic amines is 1. The summed E-state index contributed by atoms with van der Waals surface area (Å²) in [4.78, 5) is 28.4. The van der Waals surface area contributed by atoms with Crippen LogP contribution in [0.25, 0.3) is 21.1 Å². The zero-order chi connectivity index (χ0) is 15.3. The summed E-state index contributed by atoms with van der Waals surface area (Å²) in [6.07, 6.45) is 0. The molecule has 2 aromatic carbocycles. The van der Waals surface area contributed by atoms with Crippen molar-refractivity contribution in [3.05, 3.63) is 69.5 Å². The van der Waals surface area contributed by atoms with E-state index >= 15 is 0 Å². The number of imidazole rings is 1. The van der Waals surface area contributed by atoms with Gasteiger partial charge in [0.1, 0.15) is 0 Å². The standard InChI is InChI=1S/C17H12N2O2S/c1-10-11-6-2-5-9-14(11)22-15(10)16(20)19-13-8-4-3-7-12(13)18-17(19)21/h2-9H,1H3,(H,18,21). The zero-order valence-electron chi connectivity index (χ0n) is 11.8. The Morgan fingerprint density at radius 3 is 2.64 bits per heavy atom. The van der Waals surface area contributed by atoms with Gasteiger partial charge in [0, 0.05) is 4.70 Å². The summed E-state index contributed by atoms with van der Waals surface area (Å²) in [6.45, 7) is 1.92. The topological polar surface area (TPSA) is 54.9 Å².